The van der Waals surface area contributed by atoms with Gasteiger partial charge in [0.25, 0.3) is 5.56 Å². The minimum absolute atomic E-state index is 0.0791. The van der Waals surface area contributed by atoms with Crippen molar-refractivity contribution in [2.45, 2.75) is 32.2 Å². The third-order valence-corrected chi connectivity index (χ3v) is 5.88. The number of H-pyrrole nitrogens is 1. The Morgan fingerprint density at radius 2 is 1.87 bits per heavy atom. The van der Waals surface area contributed by atoms with Crippen LogP contribution < -0.4 is 5.56 Å². The third kappa shape index (κ3) is 3.52. The van der Waals surface area contributed by atoms with E-state index in [2.05, 4.69) is 17.0 Å². The number of likely N-dealkylation sites (tertiary alicyclic amines) is 1. The number of aryl methyl sites for hydroxylation is 1. The Bertz CT molecular complexity index is 1290. The fourth-order valence-corrected chi connectivity index (χ4v) is 4.31. The molecule has 0 unspecified atom stereocenters. The minimum atomic E-state index is -0.156. The highest BCUT2D eigenvalue weighted by atomic mass is 16.2. The van der Waals surface area contributed by atoms with Crippen LogP contribution in [0.3, 0.4) is 0 Å². The van der Waals surface area contributed by atoms with Crippen molar-refractivity contribution >= 4 is 11.6 Å². The van der Waals surface area contributed by atoms with Crippen LogP contribution in [-0.4, -0.2) is 36.9 Å². The number of hydrogen-bond acceptors (Lipinski definition) is 4. The normalized spacial score (nSPS) is 16.4. The third-order valence-electron chi connectivity index (χ3n) is 5.88. The van der Waals surface area contributed by atoms with Crippen LogP contribution in [0.15, 0.2) is 65.7 Å². The highest BCUT2D eigenvalue weighted by Crippen LogP contribution is 2.31. The van der Waals surface area contributed by atoms with E-state index >= 15 is 0 Å². The Hall–Kier alpha value is -3.74. The fraction of sp³-hybridized carbons (Fsp3) is 0.250. The van der Waals surface area contributed by atoms with Gasteiger partial charge in [-0.15, -0.1) is 0 Å². The Morgan fingerprint density at radius 3 is 2.61 bits per heavy atom. The maximum Gasteiger partial charge on any atom is 0.272 e. The summed E-state index contributed by atoms with van der Waals surface area (Å²) in [4.78, 5) is 36.3. The van der Waals surface area contributed by atoms with Gasteiger partial charge in [-0.2, -0.15) is 0 Å². The Kier molecular flexibility index (Phi) is 4.86. The van der Waals surface area contributed by atoms with Gasteiger partial charge in [-0.25, -0.2) is 9.50 Å². The van der Waals surface area contributed by atoms with E-state index in [4.69, 9.17) is 4.98 Å². The molecule has 31 heavy (non-hydrogen) atoms. The first-order valence-corrected chi connectivity index (χ1v) is 10.5. The lowest BCUT2D eigenvalue weighted by molar-refractivity contribution is -0.128. The molecule has 4 heterocycles. The van der Waals surface area contributed by atoms with Crippen molar-refractivity contribution in [2.24, 2.45) is 0 Å². The summed E-state index contributed by atoms with van der Waals surface area (Å²) in [5, 5.41) is 3.21. The van der Waals surface area contributed by atoms with Crippen molar-refractivity contribution in [1.82, 2.24) is 24.5 Å². The van der Waals surface area contributed by atoms with Crippen LogP contribution in [0.25, 0.3) is 16.8 Å². The number of fused-ring (bicyclic) bond motifs is 1. The van der Waals surface area contributed by atoms with Crippen molar-refractivity contribution in [1.29, 1.82) is 0 Å². The van der Waals surface area contributed by atoms with Gasteiger partial charge in [-0.05, 0) is 29.7 Å². The maximum absolute atomic E-state index is 12.9. The van der Waals surface area contributed by atoms with Crippen LogP contribution in [0.1, 0.15) is 36.2 Å². The van der Waals surface area contributed by atoms with Crippen LogP contribution >= 0.6 is 0 Å². The molecule has 0 saturated carbocycles. The molecular formula is C24H23N5O2. The van der Waals surface area contributed by atoms with Gasteiger partial charge in [0.05, 0.1) is 5.69 Å². The van der Waals surface area contributed by atoms with Crippen LogP contribution in [0, 0.1) is 0 Å². The quantitative estimate of drug-likeness (QED) is 0.545. The highest BCUT2D eigenvalue weighted by molar-refractivity contribution is 5.81. The summed E-state index contributed by atoms with van der Waals surface area (Å²) in [6.45, 7) is 3.14. The smallest absolute Gasteiger partial charge is 0.272 e. The molecule has 156 valence electrons. The van der Waals surface area contributed by atoms with E-state index in [9.17, 15) is 9.59 Å². The molecule has 1 fully saturated rings. The summed E-state index contributed by atoms with van der Waals surface area (Å²) in [7, 11) is 0. The first-order valence-electron chi connectivity index (χ1n) is 10.5. The molecule has 7 heteroatoms. The zero-order valence-electron chi connectivity index (χ0n) is 17.3. The summed E-state index contributed by atoms with van der Waals surface area (Å²) in [5.74, 6) is -0.0222. The van der Waals surface area contributed by atoms with Crippen LogP contribution in [-0.2, 0) is 17.8 Å². The van der Waals surface area contributed by atoms with Crippen molar-refractivity contribution in [3.63, 3.8) is 0 Å². The van der Waals surface area contributed by atoms with Gasteiger partial charge >= 0.3 is 0 Å². The molecule has 1 aliphatic rings. The molecular weight excluding hydrogens is 390 g/mol. The number of aromatic nitrogens is 4. The van der Waals surface area contributed by atoms with Gasteiger partial charge in [0.2, 0.25) is 5.91 Å². The molecule has 0 bridgehead atoms. The molecule has 0 spiro atoms. The van der Waals surface area contributed by atoms with Crippen molar-refractivity contribution in [3.05, 3.63) is 88.2 Å². The Balaban J connectivity index is 1.52. The molecule has 1 saturated heterocycles. The second-order valence-corrected chi connectivity index (χ2v) is 7.89. The first-order chi connectivity index (χ1) is 15.1. The average Bonchev–Trinajstić information content (AvgIpc) is 3.36. The summed E-state index contributed by atoms with van der Waals surface area (Å²) in [5.41, 5.74) is 5.10. The molecule has 7 nitrogen and oxygen atoms in total. The minimum Gasteiger partial charge on any atom is -0.338 e. The second kappa shape index (κ2) is 7.83. The number of carbonyl (C=O) groups excluding carboxylic acids is 1. The van der Waals surface area contributed by atoms with Gasteiger partial charge < -0.3 is 4.90 Å². The monoisotopic (exact) mass is 413 g/mol. The van der Waals surface area contributed by atoms with Gasteiger partial charge in [0, 0.05) is 55.1 Å². The van der Waals surface area contributed by atoms with Crippen LogP contribution in [0.4, 0.5) is 0 Å². The Morgan fingerprint density at radius 1 is 1.10 bits per heavy atom. The van der Waals surface area contributed by atoms with Gasteiger partial charge in [0.1, 0.15) is 0 Å². The number of rotatable bonds is 5. The van der Waals surface area contributed by atoms with E-state index in [1.54, 1.807) is 18.5 Å². The highest BCUT2D eigenvalue weighted by Gasteiger charge is 2.32. The summed E-state index contributed by atoms with van der Waals surface area (Å²) in [6.07, 6.45) is 4.57. The number of nitrogens with zero attached hydrogens (tertiary/aromatic N) is 4. The Labute approximate surface area is 179 Å². The zero-order valence-corrected chi connectivity index (χ0v) is 17.3. The lowest BCUT2D eigenvalue weighted by Gasteiger charge is -2.16. The van der Waals surface area contributed by atoms with E-state index in [0.717, 1.165) is 28.8 Å². The van der Waals surface area contributed by atoms with Crippen molar-refractivity contribution in [2.75, 3.05) is 6.54 Å². The number of pyridine rings is 1. The SMILES string of the molecule is CCc1[nH]n2c(=O)cc([C@H]3CC(=O)N(Cc4ccncc4)C3)nc2c1-c1ccccc1. The summed E-state index contributed by atoms with van der Waals surface area (Å²) in [6, 6.07) is 15.4. The maximum atomic E-state index is 12.9. The molecule has 3 aromatic heterocycles. The van der Waals surface area contributed by atoms with Gasteiger partial charge in [0.15, 0.2) is 5.65 Å². The number of aromatic amines is 1. The van der Waals surface area contributed by atoms with Crippen molar-refractivity contribution in [3.8, 4) is 11.1 Å². The van der Waals surface area contributed by atoms with Gasteiger partial charge in [-0.3, -0.25) is 19.7 Å². The number of benzene rings is 1. The molecule has 1 N–H and O–H groups in total. The van der Waals surface area contributed by atoms with Crippen LogP contribution in [0.2, 0.25) is 0 Å². The average molecular weight is 413 g/mol. The predicted octanol–water partition coefficient (Wildman–Crippen LogP) is 3.16. The lowest BCUT2D eigenvalue weighted by Crippen LogP contribution is -2.24. The molecule has 1 atom stereocenters. The first kappa shape index (κ1) is 19.2. The lowest BCUT2D eigenvalue weighted by atomic mass is 10.0. The standard InChI is InChI=1S/C24H23N5O2/c1-2-19-23(17-6-4-3-5-7-17)24-26-20(13-22(31)29(24)27-19)18-12-21(30)28(15-18)14-16-8-10-25-11-9-16/h3-11,13,18,27H,2,12,14-15H2,1H3/t18-/m0/s1. The fourth-order valence-electron chi connectivity index (χ4n) is 4.31. The second-order valence-electron chi connectivity index (χ2n) is 7.89. The molecule has 5 rings (SSSR count). The molecule has 1 amide bonds. The van der Waals surface area contributed by atoms with E-state index in [1.807, 2.05) is 47.4 Å². The molecule has 1 aliphatic heterocycles. The summed E-state index contributed by atoms with van der Waals surface area (Å²) >= 11 is 0. The number of hydrogen-bond donors (Lipinski definition) is 1. The molecule has 0 radical (unpaired) electrons. The molecule has 0 aliphatic carbocycles. The van der Waals surface area contributed by atoms with E-state index in [1.165, 1.54) is 4.52 Å². The molecule has 1 aromatic carbocycles. The molecule has 4 aromatic rings. The zero-order chi connectivity index (χ0) is 21.4. The van der Waals surface area contributed by atoms with E-state index in [-0.39, 0.29) is 17.4 Å². The number of amides is 1. The van der Waals surface area contributed by atoms with E-state index in [0.29, 0.717) is 30.9 Å². The van der Waals surface area contributed by atoms with Crippen LogP contribution in [0.5, 0.6) is 0 Å². The van der Waals surface area contributed by atoms with Crippen molar-refractivity contribution < 1.29 is 4.79 Å². The summed E-state index contributed by atoms with van der Waals surface area (Å²) < 4.78 is 1.51. The largest absolute Gasteiger partial charge is 0.338 e. The van der Waals surface area contributed by atoms with Gasteiger partial charge in [-0.1, -0.05) is 37.3 Å². The number of nitrogens with one attached hydrogen (secondary N) is 1. The number of carbonyl (C=O) groups is 1. The predicted molar refractivity (Wildman–Crippen MR) is 118 cm³/mol. The topological polar surface area (TPSA) is 83.4 Å². The van der Waals surface area contributed by atoms with E-state index < -0.39 is 0 Å².